The van der Waals surface area contributed by atoms with E-state index in [4.69, 9.17) is 9.88 Å². The third kappa shape index (κ3) is 5.08. The van der Waals surface area contributed by atoms with Crippen molar-refractivity contribution in [3.63, 3.8) is 0 Å². The van der Waals surface area contributed by atoms with Gasteiger partial charge in [-0.1, -0.05) is 30.3 Å². The highest BCUT2D eigenvalue weighted by atomic mass is 32.2. The highest BCUT2D eigenvalue weighted by molar-refractivity contribution is 7.89. The standard InChI is InChI=1S/C16H18N2O4S/c1-12(13-7-9-15(10-8-13)23(17,20)21)18-16(19)11-22-14-5-3-2-4-6-14/h2-10,12H,11H2,1H3,(H,18,19)(H2,17,20,21). The average molecular weight is 334 g/mol. The fourth-order valence-electron chi connectivity index (χ4n) is 1.98. The van der Waals surface area contributed by atoms with E-state index in [1.807, 2.05) is 18.2 Å². The Morgan fingerprint density at radius 2 is 1.74 bits per heavy atom. The van der Waals surface area contributed by atoms with Gasteiger partial charge in [-0.2, -0.15) is 0 Å². The number of amides is 1. The van der Waals surface area contributed by atoms with Crippen molar-refractivity contribution < 1.29 is 17.9 Å². The number of carbonyl (C=O) groups excluding carboxylic acids is 1. The number of para-hydroxylation sites is 1. The molecule has 122 valence electrons. The summed E-state index contributed by atoms with van der Waals surface area (Å²) in [7, 11) is -3.71. The Morgan fingerprint density at radius 1 is 1.13 bits per heavy atom. The summed E-state index contributed by atoms with van der Waals surface area (Å²) >= 11 is 0. The lowest BCUT2D eigenvalue weighted by Gasteiger charge is -2.15. The lowest BCUT2D eigenvalue weighted by Crippen LogP contribution is -2.31. The van der Waals surface area contributed by atoms with Crippen molar-refractivity contribution in [2.45, 2.75) is 17.9 Å². The van der Waals surface area contributed by atoms with Crippen LogP contribution in [0.3, 0.4) is 0 Å². The van der Waals surface area contributed by atoms with Crippen LogP contribution < -0.4 is 15.2 Å². The molecule has 1 atom stereocenters. The van der Waals surface area contributed by atoms with Crippen LogP contribution in [-0.2, 0) is 14.8 Å². The van der Waals surface area contributed by atoms with Gasteiger partial charge in [-0.3, -0.25) is 4.79 Å². The molecule has 0 aliphatic carbocycles. The second-order valence-corrected chi connectivity index (χ2v) is 6.57. The van der Waals surface area contributed by atoms with Gasteiger partial charge in [-0.05, 0) is 36.8 Å². The molecule has 6 nitrogen and oxygen atoms in total. The number of carbonyl (C=O) groups is 1. The lowest BCUT2D eigenvalue weighted by atomic mass is 10.1. The molecule has 0 saturated carbocycles. The van der Waals surface area contributed by atoms with E-state index in [-0.39, 0.29) is 23.5 Å². The highest BCUT2D eigenvalue weighted by Crippen LogP contribution is 2.15. The quantitative estimate of drug-likeness (QED) is 0.838. The van der Waals surface area contributed by atoms with E-state index in [1.54, 1.807) is 31.2 Å². The number of ether oxygens (including phenoxy) is 1. The Kier molecular flexibility index (Phi) is 5.36. The van der Waals surface area contributed by atoms with Crippen LogP contribution in [0.2, 0.25) is 0 Å². The molecule has 7 heteroatoms. The second kappa shape index (κ2) is 7.26. The van der Waals surface area contributed by atoms with Crippen molar-refractivity contribution in [1.82, 2.24) is 5.32 Å². The van der Waals surface area contributed by atoms with Gasteiger partial charge in [0.1, 0.15) is 5.75 Å². The molecule has 0 aliphatic rings. The lowest BCUT2D eigenvalue weighted by molar-refractivity contribution is -0.123. The molecular formula is C16H18N2O4S. The first-order chi connectivity index (χ1) is 10.9. The first-order valence-corrected chi connectivity index (χ1v) is 8.51. The summed E-state index contributed by atoms with van der Waals surface area (Å²) in [6, 6.07) is 14.8. The fourth-order valence-corrected chi connectivity index (χ4v) is 2.49. The van der Waals surface area contributed by atoms with Crippen LogP contribution in [0, 0.1) is 0 Å². The monoisotopic (exact) mass is 334 g/mol. The molecule has 0 heterocycles. The molecule has 0 spiro atoms. The van der Waals surface area contributed by atoms with Crippen LogP contribution >= 0.6 is 0 Å². The van der Waals surface area contributed by atoms with Gasteiger partial charge in [0.05, 0.1) is 10.9 Å². The Hall–Kier alpha value is -2.38. The zero-order valence-electron chi connectivity index (χ0n) is 12.6. The van der Waals surface area contributed by atoms with Crippen molar-refractivity contribution in [2.75, 3.05) is 6.61 Å². The molecule has 2 aromatic rings. The van der Waals surface area contributed by atoms with E-state index in [0.717, 1.165) is 5.56 Å². The van der Waals surface area contributed by atoms with Gasteiger partial charge in [-0.25, -0.2) is 13.6 Å². The van der Waals surface area contributed by atoms with Crippen LogP contribution in [0.5, 0.6) is 5.75 Å². The molecule has 0 aromatic heterocycles. The largest absolute Gasteiger partial charge is 0.484 e. The molecule has 1 unspecified atom stereocenters. The van der Waals surface area contributed by atoms with Crippen LogP contribution in [0.25, 0.3) is 0 Å². The van der Waals surface area contributed by atoms with Crippen molar-refractivity contribution in [1.29, 1.82) is 0 Å². The molecule has 3 N–H and O–H groups in total. The average Bonchev–Trinajstić information content (AvgIpc) is 2.53. The third-order valence-electron chi connectivity index (χ3n) is 3.20. The van der Waals surface area contributed by atoms with Crippen LogP contribution in [0.1, 0.15) is 18.5 Å². The summed E-state index contributed by atoms with van der Waals surface area (Å²) in [5.41, 5.74) is 0.769. The third-order valence-corrected chi connectivity index (χ3v) is 4.13. The maximum absolute atomic E-state index is 11.9. The van der Waals surface area contributed by atoms with Crippen molar-refractivity contribution in [3.05, 3.63) is 60.2 Å². The number of hydrogen-bond donors (Lipinski definition) is 2. The minimum absolute atomic E-state index is 0.0344. The number of nitrogens with two attached hydrogens (primary N) is 1. The zero-order chi connectivity index (χ0) is 16.9. The van der Waals surface area contributed by atoms with E-state index in [2.05, 4.69) is 5.32 Å². The molecule has 0 saturated heterocycles. The van der Waals surface area contributed by atoms with E-state index in [0.29, 0.717) is 5.75 Å². The maximum Gasteiger partial charge on any atom is 0.258 e. The smallest absolute Gasteiger partial charge is 0.258 e. The zero-order valence-corrected chi connectivity index (χ0v) is 13.4. The molecule has 0 bridgehead atoms. The molecule has 1 amide bonds. The molecule has 23 heavy (non-hydrogen) atoms. The minimum Gasteiger partial charge on any atom is -0.484 e. The molecule has 2 aromatic carbocycles. The SMILES string of the molecule is CC(NC(=O)COc1ccccc1)c1ccc(S(N)(=O)=O)cc1. The predicted octanol–water partition coefficient (Wildman–Crippen LogP) is 1.59. The Bertz CT molecular complexity index is 758. The van der Waals surface area contributed by atoms with Crippen molar-refractivity contribution in [3.8, 4) is 5.75 Å². The van der Waals surface area contributed by atoms with E-state index in [9.17, 15) is 13.2 Å². The van der Waals surface area contributed by atoms with E-state index >= 15 is 0 Å². The van der Waals surface area contributed by atoms with E-state index < -0.39 is 10.0 Å². The Balaban J connectivity index is 1.90. The number of sulfonamides is 1. The fraction of sp³-hybridized carbons (Fsp3) is 0.188. The number of benzene rings is 2. The predicted molar refractivity (Wildman–Crippen MR) is 86.3 cm³/mol. The van der Waals surface area contributed by atoms with Crippen LogP contribution in [0.15, 0.2) is 59.5 Å². The number of rotatable bonds is 6. The first kappa shape index (κ1) is 17.0. The molecular weight excluding hydrogens is 316 g/mol. The molecule has 2 rings (SSSR count). The molecule has 0 aliphatic heterocycles. The summed E-state index contributed by atoms with van der Waals surface area (Å²) in [4.78, 5) is 11.9. The summed E-state index contributed by atoms with van der Waals surface area (Å²) in [6.45, 7) is 1.70. The van der Waals surface area contributed by atoms with Gasteiger partial charge in [0.2, 0.25) is 10.0 Å². The Labute approximate surface area is 135 Å². The van der Waals surface area contributed by atoms with Crippen LogP contribution in [0.4, 0.5) is 0 Å². The highest BCUT2D eigenvalue weighted by Gasteiger charge is 2.12. The molecule has 0 radical (unpaired) electrons. The topological polar surface area (TPSA) is 98.5 Å². The molecule has 0 fully saturated rings. The summed E-state index contributed by atoms with van der Waals surface area (Å²) in [5, 5.41) is 7.82. The number of hydrogen-bond acceptors (Lipinski definition) is 4. The van der Waals surface area contributed by atoms with Gasteiger partial charge >= 0.3 is 0 Å². The van der Waals surface area contributed by atoms with Crippen molar-refractivity contribution in [2.24, 2.45) is 5.14 Å². The summed E-state index contributed by atoms with van der Waals surface area (Å²) < 4.78 is 27.8. The Morgan fingerprint density at radius 3 is 2.30 bits per heavy atom. The van der Waals surface area contributed by atoms with Crippen molar-refractivity contribution >= 4 is 15.9 Å². The van der Waals surface area contributed by atoms with Gasteiger partial charge in [0, 0.05) is 0 Å². The first-order valence-electron chi connectivity index (χ1n) is 6.96. The second-order valence-electron chi connectivity index (χ2n) is 5.00. The minimum atomic E-state index is -3.71. The van der Waals surface area contributed by atoms with Gasteiger partial charge in [-0.15, -0.1) is 0 Å². The summed E-state index contributed by atoms with van der Waals surface area (Å²) in [5.74, 6) is 0.352. The van der Waals surface area contributed by atoms with Gasteiger partial charge in [0.25, 0.3) is 5.91 Å². The van der Waals surface area contributed by atoms with E-state index in [1.165, 1.54) is 12.1 Å². The van der Waals surface area contributed by atoms with Crippen LogP contribution in [-0.4, -0.2) is 20.9 Å². The maximum atomic E-state index is 11.9. The number of primary sulfonamides is 1. The normalized spacial score (nSPS) is 12.4. The van der Waals surface area contributed by atoms with Gasteiger partial charge < -0.3 is 10.1 Å². The number of nitrogens with one attached hydrogen (secondary N) is 1. The van der Waals surface area contributed by atoms with Gasteiger partial charge in [0.15, 0.2) is 6.61 Å². The summed E-state index contributed by atoms with van der Waals surface area (Å²) in [6.07, 6.45) is 0.